The lowest BCUT2D eigenvalue weighted by molar-refractivity contribution is -0.385. The van der Waals surface area contributed by atoms with Gasteiger partial charge in [0.25, 0.3) is 5.69 Å². The molecule has 1 aromatic rings. The molecule has 1 saturated heterocycles. The quantitative estimate of drug-likeness (QED) is 0.651. The first-order valence-corrected chi connectivity index (χ1v) is 6.47. The van der Waals surface area contributed by atoms with Gasteiger partial charge in [0.15, 0.2) is 0 Å². The summed E-state index contributed by atoms with van der Waals surface area (Å²) in [5.74, 6) is 0. The monoisotopic (exact) mass is 262 g/mol. The fraction of sp³-hybridized carbons (Fsp3) is 0.429. The summed E-state index contributed by atoms with van der Waals surface area (Å²) >= 11 is 0. The highest BCUT2D eigenvalue weighted by Gasteiger charge is 2.22. The lowest BCUT2D eigenvalue weighted by Gasteiger charge is -2.20. The molecule has 1 aliphatic heterocycles. The third-order valence-corrected chi connectivity index (χ3v) is 3.48. The second kappa shape index (κ2) is 6.45. The van der Waals surface area contributed by atoms with Gasteiger partial charge in [0.05, 0.1) is 17.1 Å². The minimum atomic E-state index is -0.369. The number of benzene rings is 1. The van der Waals surface area contributed by atoms with Crippen molar-refractivity contribution in [3.05, 3.63) is 46.0 Å². The summed E-state index contributed by atoms with van der Waals surface area (Å²) in [7, 11) is 0. The van der Waals surface area contributed by atoms with Crippen LogP contribution < -0.4 is 0 Å². The van der Waals surface area contributed by atoms with Crippen molar-refractivity contribution in [2.45, 2.75) is 18.9 Å². The first-order chi connectivity index (χ1) is 9.22. The van der Waals surface area contributed by atoms with Crippen LogP contribution in [0.1, 0.15) is 18.4 Å². The summed E-state index contributed by atoms with van der Waals surface area (Å²) < 4.78 is 0. The lowest BCUT2D eigenvalue weighted by atomic mass is 10.1. The van der Waals surface area contributed by atoms with Gasteiger partial charge < -0.3 is 5.11 Å². The van der Waals surface area contributed by atoms with Crippen molar-refractivity contribution in [2.24, 2.45) is 0 Å². The van der Waals surface area contributed by atoms with E-state index in [1.165, 1.54) is 6.07 Å². The number of aliphatic hydroxyl groups is 1. The molecule has 0 saturated carbocycles. The van der Waals surface area contributed by atoms with Crippen LogP contribution in [0.2, 0.25) is 0 Å². The molecule has 1 atom stereocenters. The Balaban J connectivity index is 2.01. The summed E-state index contributed by atoms with van der Waals surface area (Å²) in [5, 5.41) is 20.1. The van der Waals surface area contributed by atoms with Crippen molar-refractivity contribution in [1.82, 2.24) is 4.90 Å². The predicted octanol–water partition coefficient (Wildman–Crippen LogP) is 2.06. The summed E-state index contributed by atoms with van der Waals surface area (Å²) in [4.78, 5) is 12.7. The normalized spacial score (nSPS) is 20.2. The van der Waals surface area contributed by atoms with Crippen molar-refractivity contribution in [3.63, 3.8) is 0 Å². The number of nitrogens with zero attached hydrogens (tertiary/aromatic N) is 2. The molecular weight excluding hydrogens is 244 g/mol. The van der Waals surface area contributed by atoms with E-state index in [-0.39, 0.29) is 23.3 Å². The Morgan fingerprint density at radius 1 is 1.47 bits per heavy atom. The topological polar surface area (TPSA) is 66.6 Å². The van der Waals surface area contributed by atoms with Crippen LogP contribution in [0.25, 0.3) is 6.08 Å². The van der Waals surface area contributed by atoms with Crippen LogP contribution in [-0.4, -0.2) is 40.7 Å². The van der Waals surface area contributed by atoms with Crippen LogP contribution in [0.5, 0.6) is 0 Å². The summed E-state index contributed by atoms with van der Waals surface area (Å²) in [6, 6.07) is 6.93. The second-order valence-electron chi connectivity index (χ2n) is 4.69. The molecule has 5 nitrogen and oxygen atoms in total. The molecule has 0 radical (unpaired) electrons. The smallest absolute Gasteiger partial charge is 0.276 e. The molecule has 0 amide bonds. The first-order valence-electron chi connectivity index (χ1n) is 6.47. The fourth-order valence-electron chi connectivity index (χ4n) is 2.45. The lowest BCUT2D eigenvalue weighted by Crippen LogP contribution is -2.32. The van der Waals surface area contributed by atoms with E-state index in [1.54, 1.807) is 24.3 Å². The Labute approximate surface area is 112 Å². The van der Waals surface area contributed by atoms with Crippen molar-refractivity contribution in [2.75, 3.05) is 19.7 Å². The molecule has 1 aliphatic rings. The van der Waals surface area contributed by atoms with E-state index in [0.29, 0.717) is 5.56 Å². The van der Waals surface area contributed by atoms with E-state index >= 15 is 0 Å². The number of nitro benzene ring substituents is 1. The van der Waals surface area contributed by atoms with Gasteiger partial charge in [0, 0.05) is 18.7 Å². The molecule has 2 rings (SSSR count). The molecule has 1 aromatic carbocycles. The van der Waals surface area contributed by atoms with Gasteiger partial charge in [-0.15, -0.1) is 0 Å². The Bertz CT molecular complexity index is 474. The largest absolute Gasteiger partial charge is 0.395 e. The first kappa shape index (κ1) is 13.7. The van der Waals surface area contributed by atoms with Crippen molar-refractivity contribution >= 4 is 11.8 Å². The molecule has 0 aliphatic carbocycles. The molecule has 1 fully saturated rings. The van der Waals surface area contributed by atoms with E-state index in [9.17, 15) is 15.2 Å². The van der Waals surface area contributed by atoms with E-state index < -0.39 is 0 Å². The van der Waals surface area contributed by atoms with Gasteiger partial charge in [0.1, 0.15) is 0 Å². The zero-order valence-electron chi connectivity index (χ0n) is 10.7. The maximum absolute atomic E-state index is 10.9. The van der Waals surface area contributed by atoms with Gasteiger partial charge in [0.2, 0.25) is 0 Å². The zero-order valence-corrected chi connectivity index (χ0v) is 10.7. The summed E-state index contributed by atoms with van der Waals surface area (Å²) in [6.45, 7) is 1.88. The highest BCUT2D eigenvalue weighted by Crippen LogP contribution is 2.20. The molecule has 0 bridgehead atoms. The van der Waals surface area contributed by atoms with Gasteiger partial charge in [-0.1, -0.05) is 24.3 Å². The van der Waals surface area contributed by atoms with Crippen LogP contribution in [0.15, 0.2) is 30.3 Å². The molecule has 0 aromatic heterocycles. The Morgan fingerprint density at radius 2 is 2.26 bits per heavy atom. The van der Waals surface area contributed by atoms with Crippen LogP contribution in [0.3, 0.4) is 0 Å². The van der Waals surface area contributed by atoms with Crippen LogP contribution in [-0.2, 0) is 0 Å². The standard InChI is InChI=1S/C14H18N2O3/c17-11-13-7-4-10-15(13)9-3-6-12-5-1-2-8-14(12)16(18)19/h1-3,5-6,8,13,17H,4,7,9-11H2. The molecule has 1 unspecified atom stereocenters. The average molecular weight is 262 g/mol. The number of para-hydroxylation sites is 1. The zero-order chi connectivity index (χ0) is 13.7. The van der Waals surface area contributed by atoms with Gasteiger partial charge in [-0.3, -0.25) is 15.0 Å². The summed E-state index contributed by atoms with van der Waals surface area (Å²) in [6.07, 6.45) is 5.83. The average Bonchev–Trinajstić information content (AvgIpc) is 2.86. The number of nitro groups is 1. The molecule has 1 heterocycles. The maximum atomic E-state index is 10.9. The minimum Gasteiger partial charge on any atom is -0.395 e. The number of likely N-dealkylation sites (tertiary alicyclic amines) is 1. The van der Waals surface area contributed by atoms with E-state index in [1.807, 2.05) is 6.08 Å². The van der Waals surface area contributed by atoms with Crippen LogP contribution >= 0.6 is 0 Å². The van der Waals surface area contributed by atoms with Gasteiger partial charge in [-0.25, -0.2) is 0 Å². The van der Waals surface area contributed by atoms with Gasteiger partial charge in [-0.05, 0) is 25.5 Å². The Hall–Kier alpha value is -1.72. The SMILES string of the molecule is O=[N+]([O-])c1ccccc1C=CCN1CCCC1CO. The number of rotatable bonds is 5. The van der Waals surface area contributed by atoms with E-state index in [0.717, 1.165) is 25.9 Å². The molecule has 102 valence electrons. The Morgan fingerprint density at radius 3 is 3.00 bits per heavy atom. The third-order valence-electron chi connectivity index (χ3n) is 3.48. The Kier molecular flexibility index (Phi) is 4.65. The molecular formula is C14H18N2O3. The van der Waals surface area contributed by atoms with Crippen molar-refractivity contribution in [1.29, 1.82) is 0 Å². The van der Waals surface area contributed by atoms with Crippen LogP contribution in [0.4, 0.5) is 5.69 Å². The van der Waals surface area contributed by atoms with E-state index in [2.05, 4.69) is 4.90 Å². The minimum absolute atomic E-state index is 0.124. The number of hydrogen-bond donors (Lipinski definition) is 1. The van der Waals surface area contributed by atoms with E-state index in [4.69, 9.17) is 0 Å². The van der Waals surface area contributed by atoms with Crippen molar-refractivity contribution < 1.29 is 10.0 Å². The second-order valence-corrected chi connectivity index (χ2v) is 4.69. The maximum Gasteiger partial charge on any atom is 0.276 e. The molecule has 1 N–H and O–H groups in total. The number of aliphatic hydroxyl groups excluding tert-OH is 1. The molecule has 0 spiro atoms. The highest BCUT2D eigenvalue weighted by atomic mass is 16.6. The number of hydrogen-bond acceptors (Lipinski definition) is 4. The highest BCUT2D eigenvalue weighted by molar-refractivity contribution is 5.60. The fourth-order valence-corrected chi connectivity index (χ4v) is 2.45. The predicted molar refractivity (Wildman–Crippen MR) is 73.8 cm³/mol. The third kappa shape index (κ3) is 3.39. The molecule has 19 heavy (non-hydrogen) atoms. The van der Waals surface area contributed by atoms with Gasteiger partial charge >= 0.3 is 0 Å². The molecule has 5 heteroatoms. The van der Waals surface area contributed by atoms with Crippen LogP contribution in [0, 0.1) is 10.1 Å². The van der Waals surface area contributed by atoms with Gasteiger partial charge in [-0.2, -0.15) is 0 Å². The van der Waals surface area contributed by atoms with Crippen molar-refractivity contribution in [3.8, 4) is 0 Å². The summed E-state index contributed by atoms with van der Waals surface area (Å²) in [5.41, 5.74) is 0.742.